The summed E-state index contributed by atoms with van der Waals surface area (Å²) in [6.45, 7) is -0.223. The average molecular weight is 445 g/mol. The molecule has 3 aromatic rings. The monoisotopic (exact) mass is 444 g/mol. The number of hydrogen-bond acceptors (Lipinski definition) is 4. The zero-order valence-electron chi connectivity index (χ0n) is 18.3. The molecule has 1 fully saturated rings. The lowest BCUT2D eigenvalue weighted by Crippen LogP contribution is -2.51. The number of aliphatic hydroxyl groups excluding tert-OH is 1. The molecule has 0 aliphatic carbocycles. The van der Waals surface area contributed by atoms with E-state index in [2.05, 4.69) is 10.6 Å². The van der Waals surface area contributed by atoms with Gasteiger partial charge in [-0.3, -0.25) is 9.59 Å². The van der Waals surface area contributed by atoms with Crippen molar-refractivity contribution in [1.29, 1.82) is 0 Å². The van der Waals surface area contributed by atoms with Crippen LogP contribution in [-0.2, 0) is 9.53 Å². The molecule has 3 N–H and O–H groups in total. The van der Waals surface area contributed by atoms with Crippen LogP contribution in [0.2, 0.25) is 0 Å². The summed E-state index contributed by atoms with van der Waals surface area (Å²) in [5.41, 5.74) is 3.49. The molecule has 1 aliphatic rings. The van der Waals surface area contributed by atoms with Crippen molar-refractivity contribution < 1.29 is 19.4 Å². The quantitative estimate of drug-likeness (QED) is 0.514. The van der Waals surface area contributed by atoms with Crippen molar-refractivity contribution in [2.45, 2.75) is 37.5 Å². The van der Waals surface area contributed by atoms with E-state index in [-0.39, 0.29) is 37.0 Å². The SMILES string of the molecule is O=C(C[C@@H]1CC[C@H](NC(=O)c2ccccc2)[C@H](CO)O1)Nc1ccc(-c2ccccc2)cc1. The Morgan fingerprint density at radius 1 is 0.848 bits per heavy atom. The molecule has 1 aliphatic heterocycles. The maximum Gasteiger partial charge on any atom is 0.251 e. The van der Waals surface area contributed by atoms with Gasteiger partial charge in [-0.05, 0) is 48.2 Å². The molecule has 1 saturated heterocycles. The third kappa shape index (κ3) is 6.06. The summed E-state index contributed by atoms with van der Waals surface area (Å²) in [5, 5.41) is 15.6. The zero-order valence-corrected chi connectivity index (χ0v) is 18.3. The van der Waals surface area contributed by atoms with Gasteiger partial charge >= 0.3 is 0 Å². The van der Waals surface area contributed by atoms with Crippen molar-refractivity contribution in [3.05, 3.63) is 90.5 Å². The predicted octanol–water partition coefficient (Wildman–Crippen LogP) is 4.02. The predicted molar refractivity (Wildman–Crippen MR) is 128 cm³/mol. The van der Waals surface area contributed by atoms with E-state index < -0.39 is 6.10 Å². The van der Waals surface area contributed by atoms with Crippen LogP contribution >= 0.6 is 0 Å². The van der Waals surface area contributed by atoms with E-state index in [1.165, 1.54) is 0 Å². The van der Waals surface area contributed by atoms with Gasteiger partial charge in [-0.25, -0.2) is 0 Å². The highest BCUT2D eigenvalue weighted by Gasteiger charge is 2.33. The van der Waals surface area contributed by atoms with Crippen LogP contribution < -0.4 is 10.6 Å². The molecule has 0 saturated carbocycles. The number of hydrogen-bond donors (Lipinski definition) is 3. The molecule has 3 aromatic carbocycles. The molecule has 4 rings (SSSR count). The zero-order chi connectivity index (χ0) is 23.0. The van der Waals surface area contributed by atoms with Crippen molar-refractivity contribution in [2.75, 3.05) is 11.9 Å². The van der Waals surface area contributed by atoms with Crippen LogP contribution in [-0.4, -0.2) is 41.8 Å². The Morgan fingerprint density at radius 3 is 2.15 bits per heavy atom. The molecule has 6 heteroatoms. The van der Waals surface area contributed by atoms with Crippen molar-refractivity contribution >= 4 is 17.5 Å². The molecule has 0 aromatic heterocycles. The van der Waals surface area contributed by atoms with Gasteiger partial charge in [0.05, 0.1) is 25.2 Å². The maximum absolute atomic E-state index is 12.6. The lowest BCUT2D eigenvalue weighted by atomic mass is 9.96. The Balaban J connectivity index is 1.28. The summed E-state index contributed by atoms with van der Waals surface area (Å²) in [4.78, 5) is 25.0. The number of rotatable bonds is 7. The van der Waals surface area contributed by atoms with E-state index in [1.807, 2.05) is 60.7 Å². The molecule has 0 unspecified atom stereocenters. The average Bonchev–Trinajstić information content (AvgIpc) is 2.86. The molecule has 6 nitrogen and oxygen atoms in total. The lowest BCUT2D eigenvalue weighted by molar-refractivity contribution is -0.126. The minimum atomic E-state index is -0.547. The summed E-state index contributed by atoms with van der Waals surface area (Å²) in [7, 11) is 0. The van der Waals surface area contributed by atoms with Crippen molar-refractivity contribution in [3.63, 3.8) is 0 Å². The fourth-order valence-corrected chi connectivity index (χ4v) is 4.08. The molecular weight excluding hydrogens is 416 g/mol. The van der Waals surface area contributed by atoms with Gasteiger partial charge in [0.15, 0.2) is 0 Å². The van der Waals surface area contributed by atoms with Gasteiger partial charge in [-0.1, -0.05) is 60.7 Å². The number of carbonyl (C=O) groups is 2. The molecule has 3 atom stereocenters. The molecule has 0 bridgehead atoms. The number of aliphatic hydroxyl groups is 1. The highest BCUT2D eigenvalue weighted by molar-refractivity contribution is 5.94. The molecule has 1 heterocycles. The standard InChI is InChI=1S/C27H28N2O4/c30-18-25-24(29-27(32)21-9-5-2-6-10-21)16-15-23(33-25)17-26(31)28-22-13-11-20(12-14-22)19-7-3-1-4-8-19/h1-14,23-25,30H,15-18H2,(H,28,31)(H,29,32)/t23-,24-,25-/m0/s1. The third-order valence-electron chi connectivity index (χ3n) is 5.84. The molecule has 33 heavy (non-hydrogen) atoms. The molecule has 170 valence electrons. The summed E-state index contributed by atoms with van der Waals surface area (Å²) in [5.74, 6) is -0.339. The van der Waals surface area contributed by atoms with E-state index in [0.29, 0.717) is 18.4 Å². The Hall–Kier alpha value is -3.48. The van der Waals surface area contributed by atoms with Crippen molar-refractivity contribution in [2.24, 2.45) is 0 Å². The van der Waals surface area contributed by atoms with E-state index in [4.69, 9.17) is 4.74 Å². The van der Waals surface area contributed by atoms with E-state index in [9.17, 15) is 14.7 Å². The van der Waals surface area contributed by atoms with Crippen LogP contribution in [0.5, 0.6) is 0 Å². The first-order valence-corrected chi connectivity index (χ1v) is 11.2. The van der Waals surface area contributed by atoms with Crippen molar-refractivity contribution in [1.82, 2.24) is 5.32 Å². The van der Waals surface area contributed by atoms with E-state index >= 15 is 0 Å². The van der Waals surface area contributed by atoms with Gasteiger partial charge in [0.1, 0.15) is 6.10 Å². The normalized spacial score (nSPS) is 20.1. The van der Waals surface area contributed by atoms with Crippen LogP contribution in [0.25, 0.3) is 11.1 Å². The first-order chi connectivity index (χ1) is 16.1. The molecule has 0 radical (unpaired) electrons. The maximum atomic E-state index is 12.6. The summed E-state index contributed by atoms with van der Waals surface area (Å²) < 4.78 is 5.94. The van der Waals surface area contributed by atoms with Crippen molar-refractivity contribution in [3.8, 4) is 11.1 Å². The first-order valence-electron chi connectivity index (χ1n) is 11.2. The fourth-order valence-electron chi connectivity index (χ4n) is 4.08. The Labute approximate surface area is 193 Å². The summed E-state index contributed by atoms with van der Waals surface area (Å²) in [6, 6.07) is 26.4. The smallest absolute Gasteiger partial charge is 0.251 e. The molecular formula is C27H28N2O4. The number of nitrogens with one attached hydrogen (secondary N) is 2. The van der Waals surface area contributed by atoms with E-state index in [1.54, 1.807) is 24.3 Å². The minimum Gasteiger partial charge on any atom is -0.394 e. The summed E-state index contributed by atoms with van der Waals surface area (Å²) in [6.07, 6.45) is 0.588. The number of ether oxygens (including phenoxy) is 1. The number of anilines is 1. The van der Waals surface area contributed by atoms with Crippen LogP contribution in [0, 0.1) is 0 Å². The van der Waals surface area contributed by atoms with Crippen LogP contribution in [0.1, 0.15) is 29.6 Å². The molecule has 2 amide bonds. The second kappa shape index (κ2) is 10.9. The second-order valence-corrected chi connectivity index (χ2v) is 8.20. The highest BCUT2D eigenvalue weighted by atomic mass is 16.5. The van der Waals surface area contributed by atoms with Gasteiger partial charge in [0.2, 0.25) is 5.91 Å². The van der Waals surface area contributed by atoms with Gasteiger partial charge in [-0.15, -0.1) is 0 Å². The van der Waals surface area contributed by atoms with Gasteiger partial charge < -0.3 is 20.5 Å². The van der Waals surface area contributed by atoms with Gasteiger partial charge in [-0.2, -0.15) is 0 Å². The highest BCUT2D eigenvalue weighted by Crippen LogP contribution is 2.24. The second-order valence-electron chi connectivity index (χ2n) is 8.20. The van der Waals surface area contributed by atoms with Gasteiger partial charge in [0.25, 0.3) is 5.91 Å². The third-order valence-corrected chi connectivity index (χ3v) is 5.84. The van der Waals surface area contributed by atoms with Crippen LogP contribution in [0.4, 0.5) is 5.69 Å². The minimum absolute atomic E-state index is 0.143. The van der Waals surface area contributed by atoms with Gasteiger partial charge in [0, 0.05) is 11.3 Å². The lowest BCUT2D eigenvalue weighted by Gasteiger charge is -2.36. The Bertz CT molecular complexity index is 1050. The summed E-state index contributed by atoms with van der Waals surface area (Å²) >= 11 is 0. The largest absolute Gasteiger partial charge is 0.394 e. The first kappa shape index (κ1) is 22.7. The number of benzene rings is 3. The van der Waals surface area contributed by atoms with Crippen LogP contribution in [0.3, 0.4) is 0 Å². The van der Waals surface area contributed by atoms with Crippen LogP contribution in [0.15, 0.2) is 84.9 Å². The topological polar surface area (TPSA) is 87.7 Å². The number of carbonyl (C=O) groups excluding carboxylic acids is 2. The van der Waals surface area contributed by atoms with E-state index in [0.717, 1.165) is 16.8 Å². The fraction of sp³-hybridized carbons (Fsp3) is 0.259. The number of amides is 2. The Morgan fingerprint density at radius 2 is 1.48 bits per heavy atom. The molecule has 0 spiro atoms. The Kier molecular flexibility index (Phi) is 7.50.